The number of nitrogens with one attached hydrogen (secondary N) is 1. The van der Waals surface area contributed by atoms with Gasteiger partial charge >= 0.3 is 0 Å². The van der Waals surface area contributed by atoms with Crippen LogP contribution in [0.5, 0.6) is 0 Å². The van der Waals surface area contributed by atoms with Crippen LogP contribution in [0.25, 0.3) is 0 Å². The highest BCUT2D eigenvalue weighted by Crippen LogP contribution is 2.25. The fraction of sp³-hybridized carbons (Fsp3) is 0.400. The van der Waals surface area contributed by atoms with E-state index in [4.69, 9.17) is 23.2 Å². The van der Waals surface area contributed by atoms with E-state index in [1.165, 1.54) is 0 Å². The Hall–Kier alpha value is -1.03. The number of halogens is 2. The monoisotopic (exact) mass is 311 g/mol. The first-order valence-electron chi connectivity index (χ1n) is 6.84. The molecular formula is C15H19Cl2N3. The molecule has 0 fully saturated rings. The van der Waals surface area contributed by atoms with Gasteiger partial charge in [-0.3, -0.25) is 0 Å². The highest BCUT2D eigenvalue weighted by atomic mass is 35.5. The van der Waals surface area contributed by atoms with E-state index in [1.807, 2.05) is 30.6 Å². The summed E-state index contributed by atoms with van der Waals surface area (Å²) in [5.74, 6) is 1.06. The fourth-order valence-corrected chi connectivity index (χ4v) is 2.62. The summed E-state index contributed by atoms with van der Waals surface area (Å²) in [6.45, 7) is 6.02. The standard InChI is InChI=1S/C15H19Cl2N3/c1-3-18-14(15-19-7-8-20(15)4-2)10-11-5-6-12(16)13(17)9-11/h5-9,14,18H,3-4,10H2,1-2H3. The van der Waals surface area contributed by atoms with Gasteiger partial charge in [-0.15, -0.1) is 0 Å². The predicted octanol–water partition coefficient (Wildman–Crippen LogP) is 4.10. The van der Waals surface area contributed by atoms with Crippen molar-refractivity contribution in [3.8, 4) is 0 Å². The van der Waals surface area contributed by atoms with Crippen molar-refractivity contribution in [2.75, 3.05) is 6.54 Å². The molecule has 0 aliphatic heterocycles. The average molecular weight is 312 g/mol. The number of imidazole rings is 1. The Morgan fingerprint density at radius 3 is 2.70 bits per heavy atom. The van der Waals surface area contributed by atoms with Gasteiger partial charge in [-0.1, -0.05) is 36.2 Å². The molecule has 1 unspecified atom stereocenters. The molecule has 2 aromatic rings. The van der Waals surface area contributed by atoms with Crippen molar-refractivity contribution in [3.63, 3.8) is 0 Å². The third-order valence-electron chi connectivity index (χ3n) is 3.27. The molecule has 1 atom stereocenters. The molecule has 2 rings (SSSR count). The molecule has 0 saturated carbocycles. The summed E-state index contributed by atoms with van der Waals surface area (Å²) in [4.78, 5) is 4.48. The fourth-order valence-electron chi connectivity index (χ4n) is 2.30. The molecular weight excluding hydrogens is 293 g/mol. The van der Waals surface area contributed by atoms with Crippen LogP contribution < -0.4 is 5.32 Å². The van der Waals surface area contributed by atoms with Crippen LogP contribution in [-0.2, 0) is 13.0 Å². The van der Waals surface area contributed by atoms with Crippen LogP contribution in [0.3, 0.4) is 0 Å². The second kappa shape index (κ2) is 7.11. The lowest BCUT2D eigenvalue weighted by Crippen LogP contribution is -2.26. The van der Waals surface area contributed by atoms with E-state index in [2.05, 4.69) is 28.7 Å². The van der Waals surface area contributed by atoms with E-state index in [9.17, 15) is 0 Å². The third kappa shape index (κ3) is 3.54. The summed E-state index contributed by atoms with van der Waals surface area (Å²) in [6.07, 6.45) is 4.69. The molecule has 0 aliphatic rings. The van der Waals surface area contributed by atoms with Gasteiger partial charge in [-0.05, 0) is 37.6 Å². The number of rotatable bonds is 6. The lowest BCUT2D eigenvalue weighted by atomic mass is 10.1. The molecule has 0 aliphatic carbocycles. The van der Waals surface area contributed by atoms with Crippen molar-refractivity contribution in [1.82, 2.24) is 14.9 Å². The Bertz CT molecular complexity index is 566. The third-order valence-corrected chi connectivity index (χ3v) is 4.01. The molecule has 3 nitrogen and oxygen atoms in total. The second-order valence-electron chi connectivity index (χ2n) is 4.63. The molecule has 1 aromatic heterocycles. The highest BCUT2D eigenvalue weighted by Gasteiger charge is 2.16. The summed E-state index contributed by atoms with van der Waals surface area (Å²) in [6, 6.07) is 5.95. The van der Waals surface area contributed by atoms with Crippen molar-refractivity contribution in [1.29, 1.82) is 0 Å². The second-order valence-corrected chi connectivity index (χ2v) is 5.45. The van der Waals surface area contributed by atoms with Crippen LogP contribution in [0.1, 0.15) is 31.3 Å². The first kappa shape index (κ1) is 15.4. The maximum Gasteiger partial charge on any atom is 0.126 e. The minimum absolute atomic E-state index is 0.173. The Kier molecular flexibility index (Phi) is 5.46. The molecule has 1 aromatic carbocycles. The minimum atomic E-state index is 0.173. The van der Waals surface area contributed by atoms with Gasteiger partial charge in [0.15, 0.2) is 0 Å². The lowest BCUT2D eigenvalue weighted by Gasteiger charge is -2.19. The number of likely N-dealkylation sites (N-methyl/N-ethyl adjacent to an activating group) is 1. The zero-order valence-corrected chi connectivity index (χ0v) is 13.2. The molecule has 20 heavy (non-hydrogen) atoms. The topological polar surface area (TPSA) is 29.9 Å². The van der Waals surface area contributed by atoms with Crippen molar-refractivity contribution < 1.29 is 0 Å². The van der Waals surface area contributed by atoms with Gasteiger partial charge in [-0.2, -0.15) is 0 Å². The zero-order valence-electron chi connectivity index (χ0n) is 11.7. The van der Waals surface area contributed by atoms with Gasteiger partial charge in [0.05, 0.1) is 16.1 Å². The first-order chi connectivity index (χ1) is 9.65. The summed E-state index contributed by atoms with van der Waals surface area (Å²) in [5.41, 5.74) is 1.15. The van der Waals surface area contributed by atoms with Crippen LogP contribution in [-0.4, -0.2) is 16.1 Å². The van der Waals surface area contributed by atoms with Gasteiger partial charge in [-0.25, -0.2) is 4.98 Å². The molecule has 0 bridgehead atoms. The van der Waals surface area contributed by atoms with Crippen molar-refractivity contribution in [3.05, 3.63) is 52.0 Å². The molecule has 0 spiro atoms. The minimum Gasteiger partial charge on any atom is -0.334 e. The SMILES string of the molecule is CCNC(Cc1ccc(Cl)c(Cl)c1)c1nccn1CC. The van der Waals surface area contributed by atoms with E-state index in [0.29, 0.717) is 10.0 Å². The highest BCUT2D eigenvalue weighted by molar-refractivity contribution is 6.42. The van der Waals surface area contributed by atoms with Crippen LogP contribution in [0, 0.1) is 0 Å². The average Bonchev–Trinajstić information content (AvgIpc) is 2.90. The number of nitrogens with zero attached hydrogens (tertiary/aromatic N) is 2. The van der Waals surface area contributed by atoms with Crippen LogP contribution in [0.15, 0.2) is 30.6 Å². The molecule has 1 N–H and O–H groups in total. The number of aryl methyl sites for hydroxylation is 1. The molecule has 1 heterocycles. The van der Waals surface area contributed by atoms with Crippen molar-refractivity contribution in [2.45, 2.75) is 32.9 Å². The maximum absolute atomic E-state index is 6.08. The number of aromatic nitrogens is 2. The van der Waals surface area contributed by atoms with Gasteiger partial charge in [0.1, 0.15) is 5.82 Å². The summed E-state index contributed by atoms with van der Waals surface area (Å²) in [7, 11) is 0. The summed E-state index contributed by atoms with van der Waals surface area (Å²) >= 11 is 12.0. The van der Waals surface area contributed by atoms with E-state index >= 15 is 0 Å². The summed E-state index contributed by atoms with van der Waals surface area (Å²) in [5, 5.41) is 4.67. The van der Waals surface area contributed by atoms with Crippen LogP contribution in [0.2, 0.25) is 10.0 Å². The van der Waals surface area contributed by atoms with Gasteiger partial charge in [0.2, 0.25) is 0 Å². The van der Waals surface area contributed by atoms with Gasteiger partial charge in [0.25, 0.3) is 0 Å². The quantitative estimate of drug-likeness (QED) is 0.870. The lowest BCUT2D eigenvalue weighted by molar-refractivity contribution is 0.495. The van der Waals surface area contributed by atoms with E-state index in [-0.39, 0.29) is 6.04 Å². The smallest absolute Gasteiger partial charge is 0.126 e. The Morgan fingerprint density at radius 2 is 2.05 bits per heavy atom. The van der Waals surface area contributed by atoms with Gasteiger partial charge < -0.3 is 9.88 Å². The van der Waals surface area contributed by atoms with Crippen LogP contribution in [0.4, 0.5) is 0 Å². The molecule has 5 heteroatoms. The molecule has 0 saturated heterocycles. The van der Waals surface area contributed by atoms with Crippen molar-refractivity contribution in [2.24, 2.45) is 0 Å². The largest absolute Gasteiger partial charge is 0.334 e. The normalized spacial score (nSPS) is 12.6. The Labute approximate surface area is 129 Å². The van der Waals surface area contributed by atoms with Gasteiger partial charge in [0, 0.05) is 18.9 Å². The van der Waals surface area contributed by atoms with Crippen LogP contribution >= 0.6 is 23.2 Å². The first-order valence-corrected chi connectivity index (χ1v) is 7.59. The van der Waals surface area contributed by atoms with E-state index in [1.54, 1.807) is 0 Å². The number of benzene rings is 1. The molecule has 0 amide bonds. The summed E-state index contributed by atoms with van der Waals surface area (Å²) < 4.78 is 2.16. The van der Waals surface area contributed by atoms with Crippen molar-refractivity contribution >= 4 is 23.2 Å². The Morgan fingerprint density at radius 1 is 1.25 bits per heavy atom. The molecule has 0 radical (unpaired) electrons. The van der Waals surface area contributed by atoms with E-state index in [0.717, 1.165) is 30.9 Å². The molecule has 108 valence electrons. The zero-order chi connectivity index (χ0) is 14.5. The Balaban J connectivity index is 2.23. The number of hydrogen-bond donors (Lipinski definition) is 1. The van der Waals surface area contributed by atoms with E-state index < -0.39 is 0 Å². The number of hydrogen-bond acceptors (Lipinski definition) is 2. The maximum atomic E-state index is 6.08. The predicted molar refractivity (Wildman–Crippen MR) is 84.5 cm³/mol.